The lowest BCUT2D eigenvalue weighted by molar-refractivity contribution is -0.117. The number of hydrogen-bond donors (Lipinski definition) is 2. The smallest absolute Gasteiger partial charge is 0.321 e. The number of halogens is 1. The van der Waals surface area contributed by atoms with Crippen molar-refractivity contribution < 1.29 is 9.59 Å². The van der Waals surface area contributed by atoms with Crippen molar-refractivity contribution in [3.8, 4) is 0 Å². The van der Waals surface area contributed by atoms with Gasteiger partial charge >= 0.3 is 6.03 Å². The van der Waals surface area contributed by atoms with Crippen LogP contribution in [0.25, 0.3) is 0 Å². The van der Waals surface area contributed by atoms with Crippen molar-refractivity contribution in [2.24, 2.45) is 0 Å². The Morgan fingerprint density at radius 2 is 2.00 bits per heavy atom. The number of hydrogen-bond acceptors (Lipinski definition) is 3. The third kappa shape index (κ3) is 3.09. The molecule has 92 valence electrons. The molecule has 0 aromatic carbocycles. The Bertz CT molecular complexity index is 277. The summed E-state index contributed by atoms with van der Waals surface area (Å²) in [7, 11) is 4.01. The predicted molar refractivity (Wildman–Crippen MR) is 62.5 cm³/mol. The largest absolute Gasteiger partial charge is 0.336 e. The molecule has 1 aliphatic carbocycles. The maximum Gasteiger partial charge on any atom is 0.321 e. The van der Waals surface area contributed by atoms with Gasteiger partial charge in [-0.15, -0.1) is 11.6 Å². The molecule has 6 heteroatoms. The van der Waals surface area contributed by atoms with Crippen molar-refractivity contribution in [1.29, 1.82) is 0 Å². The summed E-state index contributed by atoms with van der Waals surface area (Å²) in [5.74, 6) is -0.682. The highest BCUT2D eigenvalue weighted by atomic mass is 35.5. The maximum absolute atomic E-state index is 11.3. The van der Waals surface area contributed by atoms with E-state index >= 15 is 0 Å². The van der Waals surface area contributed by atoms with E-state index in [9.17, 15) is 9.59 Å². The number of amides is 3. The van der Waals surface area contributed by atoms with Crippen molar-refractivity contribution >= 4 is 23.5 Å². The molecule has 0 bridgehead atoms. The molecule has 2 N–H and O–H groups in total. The van der Waals surface area contributed by atoms with Gasteiger partial charge in [0.05, 0.1) is 0 Å². The van der Waals surface area contributed by atoms with Gasteiger partial charge in [-0.25, -0.2) is 4.79 Å². The average Bonchev–Trinajstić information content (AvgIpc) is 2.15. The van der Waals surface area contributed by atoms with Crippen molar-refractivity contribution in [1.82, 2.24) is 15.5 Å². The zero-order valence-corrected chi connectivity index (χ0v) is 10.4. The summed E-state index contributed by atoms with van der Waals surface area (Å²) in [4.78, 5) is 24.3. The second-order valence-corrected chi connectivity index (χ2v) is 4.60. The summed E-state index contributed by atoms with van der Waals surface area (Å²) in [5, 5.41) is 4.85. The quantitative estimate of drug-likeness (QED) is 0.713. The van der Waals surface area contributed by atoms with Crippen LogP contribution in [-0.4, -0.2) is 48.9 Å². The number of rotatable bonds is 4. The van der Waals surface area contributed by atoms with E-state index in [-0.39, 0.29) is 11.4 Å². The van der Waals surface area contributed by atoms with E-state index in [1.165, 1.54) is 6.42 Å². The molecule has 1 fully saturated rings. The number of alkyl halides is 1. The van der Waals surface area contributed by atoms with Crippen molar-refractivity contribution in [2.75, 3.05) is 26.5 Å². The summed E-state index contributed by atoms with van der Waals surface area (Å²) in [5.41, 5.74) is 0.0569. The molecule has 0 saturated heterocycles. The number of urea groups is 1. The summed E-state index contributed by atoms with van der Waals surface area (Å²) in [6, 6.07) is -0.473. The molecular formula is C10H18ClN3O2. The van der Waals surface area contributed by atoms with Gasteiger partial charge in [-0.3, -0.25) is 10.1 Å². The minimum Gasteiger partial charge on any atom is -0.336 e. The Labute approximate surface area is 101 Å². The van der Waals surface area contributed by atoms with E-state index in [2.05, 4.69) is 15.5 Å². The number of carbonyl (C=O) groups excluding carboxylic acids is 2. The molecule has 0 unspecified atom stereocenters. The predicted octanol–water partition coefficient (Wildman–Crippen LogP) is 0.535. The van der Waals surface area contributed by atoms with E-state index < -0.39 is 11.9 Å². The van der Waals surface area contributed by atoms with E-state index in [0.29, 0.717) is 6.54 Å². The second kappa shape index (κ2) is 5.50. The van der Waals surface area contributed by atoms with Crippen molar-refractivity contribution in [3.63, 3.8) is 0 Å². The number of nitrogens with zero attached hydrogens (tertiary/aromatic N) is 1. The highest BCUT2D eigenvalue weighted by Crippen LogP contribution is 2.35. The Morgan fingerprint density at radius 1 is 1.38 bits per heavy atom. The number of nitrogens with one attached hydrogen (secondary N) is 2. The van der Waals surface area contributed by atoms with Gasteiger partial charge in [0.25, 0.3) is 0 Å². The monoisotopic (exact) mass is 247 g/mol. The fourth-order valence-electron chi connectivity index (χ4n) is 1.82. The van der Waals surface area contributed by atoms with Crippen LogP contribution in [0.4, 0.5) is 4.79 Å². The first kappa shape index (κ1) is 13.3. The van der Waals surface area contributed by atoms with Crippen LogP contribution in [0.1, 0.15) is 19.3 Å². The van der Waals surface area contributed by atoms with Crippen LogP contribution in [0, 0.1) is 0 Å². The third-order valence-electron chi connectivity index (χ3n) is 3.19. The van der Waals surface area contributed by atoms with Crippen LogP contribution in [0.15, 0.2) is 0 Å². The highest BCUT2D eigenvalue weighted by molar-refractivity contribution is 6.28. The molecule has 16 heavy (non-hydrogen) atoms. The van der Waals surface area contributed by atoms with Crippen LogP contribution in [0.3, 0.4) is 0 Å². The highest BCUT2D eigenvalue weighted by Gasteiger charge is 2.39. The van der Waals surface area contributed by atoms with Gasteiger partial charge in [-0.05, 0) is 33.4 Å². The summed E-state index contributed by atoms with van der Waals surface area (Å²) < 4.78 is 0. The molecule has 0 spiro atoms. The van der Waals surface area contributed by atoms with Crippen LogP contribution < -0.4 is 10.6 Å². The van der Waals surface area contributed by atoms with E-state index in [1.807, 2.05) is 14.1 Å². The standard InChI is InChI=1S/C10H18ClN3O2/c1-14(2)10(4-3-5-10)7-12-9(16)13-8(15)6-11/h3-7H2,1-2H3,(H2,12,13,15,16). The number of imide groups is 1. The summed E-state index contributed by atoms with van der Waals surface area (Å²) in [6.45, 7) is 0.557. The molecule has 1 rings (SSSR count). The summed E-state index contributed by atoms with van der Waals surface area (Å²) >= 11 is 5.27. The minimum absolute atomic E-state index is 0.0569. The van der Waals surface area contributed by atoms with Crippen LogP contribution >= 0.6 is 11.6 Å². The van der Waals surface area contributed by atoms with Gasteiger partial charge in [0.2, 0.25) is 5.91 Å². The molecule has 5 nitrogen and oxygen atoms in total. The van der Waals surface area contributed by atoms with Crippen LogP contribution in [-0.2, 0) is 4.79 Å². The molecule has 0 aromatic heterocycles. The average molecular weight is 248 g/mol. The topological polar surface area (TPSA) is 61.4 Å². The molecule has 0 atom stereocenters. The molecular weight excluding hydrogens is 230 g/mol. The fraction of sp³-hybridized carbons (Fsp3) is 0.800. The fourth-order valence-corrected chi connectivity index (χ4v) is 1.88. The van der Waals surface area contributed by atoms with Crippen molar-refractivity contribution in [3.05, 3.63) is 0 Å². The normalized spacial score (nSPS) is 17.8. The van der Waals surface area contributed by atoms with Gasteiger partial charge in [0.1, 0.15) is 5.88 Å². The Hall–Kier alpha value is -0.810. The van der Waals surface area contributed by atoms with Crippen molar-refractivity contribution in [2.45, 2.75) is 24.8 Å². The molecule has 0 aliphatic heterocycles. The van der Waals surface area contributed by atoms with Gasteiger partial charge in [0.15, 0.2) is 0 Å². The lowest BCUT2D eigenvalue weighted by Crippen LogP contribution is -2.58. The Morgan fingerprint density at radius 3 is 2.38 bits per heavy atom. The zero-order valence-electron chi connectivity index (χ0n) is 9.68. The Balaban J connectivity index is 2.33. The zero-order chi connectivity index (χ0) is 12.2. The van der Waals surface area contributed by atoms with Crippen LogP contribution in [0.2, 0.25) is 0 Å². The Kier molecular flexibility index (Phi) is 4.56. The van der Waals surface area contributed by atoms with E-state index in [0.717, 1.165) is 12.8 Å². The maximum atomic E-state index is 11.3. The summed E-state index contributed by atoms with van der Waals surface area (Å²) in [6.07, 6.45) is 3.33. The first-order valence-corrected chi connectivity index (χ1v) is 5.85. The van der Waals surface area contributed by atoms with Gasteiger partial charge < -0.3 is 10.2 Å². The molecule has 1 saturated carbocycles. The van der Waals surface area contributed by atoms with E-state index in [1.54, 1.807) is 0 Å². The lowest BCUT2D eigenvalue weighted by atomic mass is 9.75. The van der Waals surface area contributed by atoms with Crippen LogP contribution in [0.5, 0.6) is 0 Å². The molecule has 1 aliphatic rings. The lowest BCUT2D eigenvalue weighted by Gasteiger charge is -2.47. The van der Waals surface area contributed by atoms with Gasteiger partial charge in [-0.2, -0.15) is 0 Å². The minimum atomic E-state index is -0.480. The first-order chi connectivity index (χ1) is 7.50. The molecule has 0 aromatic rings. The number of carbonyl (C=O) groups is 2. The molecule has 3 amide bonds. The number of likely N-dealkylation sites (N-methyl/N-ethyl adjacent to an activating group) is 1. The third-order valence-corrected chi connectivity index (χ3v) is 3.43. The van der Waals surface area contributed by atoms with Gasteiger partial charge in [0, 0.05) is 12.1 Å². The molecule has 0 heterocycles. The second-order valence-electron chi connectivity index (χ2n) is 4.34. The first-order valence-electron chi connectivity index (χ1n) is 5.31. The SMILES string of the molecule is CN(C)C1(CNC(=O)NC(=O)CCl)CCC1. The molecule has 0 radical (unpaired) electrons. The van der Waals surface area contributed by atoms with E-state index in [4.69, 9.17) is 11.6 Å². The van der Waals surface area contributed by atoms with Gasteiger partial charge in [-0.1, -0.05) is 0 Å².